The molecule has 1 aliphatic heterocycles. The van der Waals surface area contributed by atoms with Crippen LogP contribution in [-0.2, 0) is 0 Å². The SMILES string of the molecule is CNCC1CCN(c2ccccc2OC)C(C)(C)C1. The van der Waals surface area contributed by atoms with Crippen molar-refractivity contribution in [3.63, 3.8) is 0 Å². The molecule has 1 atom stereocenters. The first-order valence-corrected chi connectivity index (χ1v) is 7.14. The Bertz CT molecular complexity index is 417. The minimum absolute atomic E-state index is 0.175. The fourth-order valence-corrected chi connectivity index (χ4v) is 3.30. The van der Waals surface area contributed by atoms with E-state index < -0.39 is 0 Å². The quantitative estimate of drug-likeness (QED) is 0.903. The maximum atomic E-state index is 5.51. The van der Waals surface area contributed by atoms with Gasteiger partial charge < -0.3 is 15.0 Å². The van der Waals surface area contributed by atoms with Crippen molar-refractivity contribution in [2.45, 2.75) is 32.2 Å². The van der Waals surface area contributed by atoms with Gasteiger partial charge in [-0.2, -0.15) is 0 Å². The van der Waals surface area contributed by atoms with E-state index in [-0.39, 0.29) is 5.54 Å². The van der Waals surface area contributed by atoms with E-state index in [9.17, 15) is 0 Å². The van der Waals surface area contributed by atoms with E-state index in [1.165, 1.54) is 18.5 Å². The largest absolute Gasteiger partial charge is 0.495 e. The maximum Gasteiger partial charge on any atom is 0.142 e. The first-order valence-electron chi connectivity index (χ1n) is 7.14. The van der Waals surface area contributed by atoms with Gasteiger partial charge in [0.15, 0.2) is 0 Å². The van der Waals surface area contributed by atoms with Crippen molar-refractivity contribution < 1.29 is 4.74 Å². The summed E-state index contributed by atoms with van der Waals surface area (Å²) in [6.07, 6.45) is 2.45. The standard InChI is InChI=1S/C16H26N2O/c1-16(2)11-13(12-17-3)9-10-18(16)14-7-5-6-8-15(14)19-4/h5-8,13,17H,9-12H2,1-4H3. The molecule has 1 aromatic carbocycles. The van der Waals surface area contributed by atoms with E-state index in [1.54, 1.807) is 7.11 Å². The summed E-state index contributed by atoms with van der Waals surface area (Å²) in [6.45, 7) is 6.88. The molecule has 1 heterocycles. The van der Waals surface area contributed by atoms with E-state index in [4.69, 9.17) is 4.74 Å². The van der Waals surface area contributed by atoms with Crippen LogP contribution >= 0.6 is 0 Å². The molecule has 0 spiro atoms. The first-order chi connectivity index (χ1) is 9.08. The molecule has 1 aromatic rings. The van der Waals surface area contributed by atoms with Gasteiger partial charge in [-0.15, -0.1) is 0 Å². The predicted molar refractivity (Wildman–Crippen MR) is 81.1 cm³/mol. The maximum absolute atomic E-state index is 5.51. The number of rotatable bonds is 4. The summed E-state index contributed by atoms with van der Waals surface area (Å²) in [6, 6.07) is 8.33. The van der Waals surface area contributed by atoms with Crippen LogP contribution in [0.4, 0.5) is 5.69 Å². The van der Waals surface area contributed by atoms with Crippen molar-refractivity contribution in [2.24, 2.45) is 5.92 Å². The third kappa shape index (κ3) is 3.03. The van der Waals surface area contributed by atoms with Crippen molar-refractivity contribution in [3.8, 4) is 5.75 Å². The van der Waals surface area contributed by atoms with E-state index >= 15 is 0 Å². The second kappa shape index (κ2) is 5.83. The molecule has 19 heavy (non-hydrogen) atoms. The Morgan fingerprint density at radius 1 is 1.37 bits per heavy atom. The molecule has 0 aliphatic carbocycles. The lowest BCUT2D eigenvalue weighted by molar-refractivity contribution is 0.268. The summed E-state index contributed by atoms with van der Waals surface area (Å²) in [5.74, 6) is 1.74. The van der Waals surface area contributed by atoms with Crippen LogP contribution in [-0.4, -0.2) is 32.8 Å². The molecular weight excluding hydrogens is 236 g/mol. The van der Waals surface area contributed by atoms with Crippen molar-refractivity contribution in [2.75, 3.05) is 32.1 Å². The number of piperidine rings is 1. The molecule has 1 saturated heterocycles. The second-order valence-corrected chi connectivity index (χ2v) is 6.05. The number of ether oxygens (including phenoxy) is 1. The number of nitrogens with zero attached hydrogens (tertiary/aromatic N) is 1. The van der Waals surface area contributed by atoms with Crippen molar-refractivity contribution in [3.05, 3.63) is 24.3 Å². The molecule has 0 saturated carbocycles. The van der Waals surface area contributed by atoms with Gasteiger partial charge in [0.25, 0.3) is 0 Å². The highest BCUT2D eigenvalue weighted by Gasteiger charge is 2.35. The van der Waals surface area contributed by atoms with Gasteiger partial charge in [0.05, 0.1) is 12.8 Å². The van der Waals surface area contributed by atoms with Crippen molar-refractivity contribution >= 4 is 5.69 Å². The molecule has 2 rings (SSSR count). The molecule has 0 amide bonds. The van der Waals surface area contributed by atoms with Gasteiger partial charge in [-0.05, 0) is 58.3 Å². The van der Waals surface area contributed by atoms with E-state index in [0.717, 1.165) is 24.8 Å². The minimum Gasteiger partial charge on any atom is -0.495 e. The Morgan fingerprint density at radius 3 is 2.74 bits per heavy atom. The van der Waals surface area contributed by atoms with Crippen LogP contribution in [0, 0.1) is 5.92 Å². The van der Waals surface area contributed by atoms with Gasteiger partial charge in [-0.25, -0.2) is 0 Å². The lowest BCUT2D eigenvalue weighted by Gasteiger charge is -2.47. The number of hydrogen-bond donors (Lipinski definition) is 1. The van der Waals surface area contributed by atoms with E-state index in [1.807, 2.05) is 19.2 Å². The Labute approximate surface area is 116 Å². The molecule has 1 N–H and O–H groups in total. The zero-order valence-corrected chi connectivity index (χ0v) is 12.6. The lowest BCUT2D eigenvalue weighted by atomic mass is 9.82. The summed E-state index contributed by atoms with van der Waals surface area (Å²) in [5, 5.41) is 3.31. The number of anilines is 1. The smallest absolute Gasteiger partial charge is 0.142 e. The molecule has 0 radical (unpaired) electrons. The molecule has 3 heteroatoms. The summed E-state index contributed by atoms with van der Waals surface area (Å²) in [5.41, 5.74) is 1.40. The molecule has 3 nitrogen and oxygen atoms in total. The van der Waals surface area contributed by atoms with Gasteiger partial charge in [-0.1, -0.05) is 12.1 Å². The monoisotopic (exact) mass is 262 g/mol. The highest BCUT2D eigenvalue weighted by Crippen LogP contribution is 2.39. The van der Waals surface area contributed by atoms with Gasteiger partial charge in [0.1, 0.15) is 5.75 Å². The zero-order chi connectivity index (χ0) is 13.9. The van der Waals surface area contributed by atoms with Crippen LogP contribution in [0.1, 0.15) is 26.7 Å². The van der Waals surface area contributed by atoms with Crippen molar-refractivity contribution in [1.29, 1.82) is 0 Å². The summed E-state index contributed by atoms with van der Waals surface area (Å²) in [4.78, 5) is 2.50. The lowest BCUT2D eigenvalue weighted by Crippen LogP contribution is -2.51. The Balaban J connectivity index is 2.21. The third-order valence-electron chi connectivity index (χ3n) is 4.15. The molecule has 1 unspecified atom stereocenters. The molecule has 0 aromatic heterocycles. The third-order valence-corrected chi connectivity index (χ3v) is 4.15. The number of benzene rings is 1. The normalized spacial score (nSPS) is 22.3. The number of para-hydroxylation sites is 2. The first kappa shape index (κ1) is 14.2. The second-order valence-electron chi connectivity index (χ2n) is 6.05. The Morgan fingerprint density at radius 2 is 2.11 bits per heavy atom. The number of methoxy groups -OCH3 is 1. The van der Waals surface area contributed by atoms with E-state index in [2.05, 4.69) is 36.2 Å². The van der Waals surface area contributed by atoms with Crippen LogP contribution in [0.15, 0.2) is 24.3 Å². The zero-order valence-electron chi connectivity index (χ0n) is 12.6. The Hall–Kier alpha value is -1.22. The molecule has 1 fully saturated rings. The van der Waals surface area contributed by atoms with Gasteiger partial charge in [0.2, 0.25) is 0 Å². The average Bonchev–Trinajstić information content (AvgIpc) is 2.38. The highest BCUT2D eigenvalue weighted by atomic mass is 16.5. The number of nitrogens with one attached hydrogen (secondary N) is 1. The molecule has 106 valence electrons. The van der Waals surface area contributed by atoms with Crippen LogP contribution < -0.4 is 15.0 Å². The number of hydrogen-bond acceptors (Lipinski definition) is 3. The van der Waals surface area contributed by atoms with Crippen LogP contribution in [0.2, 0.25) is 0 Å². The summed E-state index contributed by atoms with van der Waals surface area (Å²) in [7, 11) is 3.79. The van der Waals surface area contributed by atoms with Crippen LogP contribution in [0.25, 0.3) is 0 Å². The predicted octanol–water partition coefficient (Wildman–Crippen LogP) is 2.91. The summed E-state index contributed by atoms with van der Waals surface area (Å²) < 4.78 is 5.51. The molecule has 1 aliphatic rings. The van der Waals surface area contributed by atoms with Crippen LogP contribution in [0.5, 0.6) is 5.75 Å². The summed E-state index contributed by atoms with van der Waals surface area (Å²) >= 11 is 0. The topological polar surface area (TPSA) is 24.5 Å². The van der Waals surface area contributed by atoms with Gasteiger partial charge in [0, 0.05) is 12.1 Å². The molecular formula is C16H26N2O. The highest BCUT2D eigenvalue weighted by molar-refractivity contribution is 5.60. The van der Waals surface area contributed by atoms with Crippen molar-refractivity contribution in [1.82, 2.24) is 5.32 Å². The average molecular weight is 262 g/mol. The fraction of sp³-hybridized carbons (Fsp3) is 0.625. The fourth-order valence-electron chi connectivity index (χ4n) is 3.30. The minimum atomic E-state index is 0.175. The Kier molecular flexibility index (Phi) is 4.35. The van der Waals surface area contributed by atoms with E-state index in [0.29, 0.717) is 0 Å². The molecule has 0 bridgehead atoms. The van der Waals surface area contributed by atoms with Crippen LogP contribution in [0.3, 0.4) is 0 Å². The van der Waals surface area contributed by atoms with Gasteiger partial charge >= 0.3 is 0 Å². The van der Waals surface area contributed by atoms with Gasteiger partial charge in [-0.3, -0.25) is 0 Å².